The third kappa shape index (κ3) is 6.21. The second-order valence-corrected chi connectivity index (χ2v) is 6.70. The smallest absolute Gasteiger partial charge is 0.375 e. The Kier molecular flexibility index (Phi) is 8.75. The van der Waals surface area contributed by atoms with Crippen LogP contribution in [0.15, 0.2) is 6.07 Å². The average Bonchev–Trinajstić information content (AvgIpc) is 2.54. The maximum Gasteiger partial charge on any atom is 0.577 e. The van der Waals surface area contributed by atoms with Gasteiger partial charge < -0.3 is 13.3 Å². The van der Waals surface area contributed by atoms with Crippen LogP contribution in [-0.4, -0.2) is 29.9 Å². The van der Waals surface area contributed by atoms with E-state index in [0.717, 1.165) is 19.3 Å². The second kappa shape index (κ2) is 10.0. The number of hydrogen-bond acceptors (Lipinski definition) is 3. The van der Waals surface area contributed by atoms with Crippen LogP contribution in [-0.2, 0) is 19.7 Å². The van der Waals surface area contributed by atoms with Gasteiger partial charge in [-0.3, -0.25) is 0 Å². The summed E-state index contributed by atoms with van der Waals surface area (Å²) in [5, 5.41) is 0. The van der Waals surface area contributed by atoms with Crippen LogP contribution in [0, 0.1) is 23.3 Å². The summed E-state index contributed by atoms with van der Waals surface area (Å²) in [6.07, 6.45) is 2.95. The van der Waals surface area contributed by atoms with Crippen molar-refractivity contribution < 1.29 is 30.8 Å². The van der Waals surface area contributed by atoms with E-state index < -0.39 is 32.8 Å². The fourth-order valence-electron chi connectivity index (χ4n) is 2.13. The van der Waals surface area contributed by atoms with Crippen molar-refractivity contribution in [2.24, 2.45) is 0 Å². The van der Waals surface area contributed by atoms with Crippen molar-refractivity contribution in [1.82, 2.24) is 0 Å². The molecule has 0 fully saturated rings. The van der Waals surface area contributed by atoms with Gasteiger partial charge in [-0.15, -0.1) is 0 Å². The molecule has 1 rings (SSSR count). The molecule has 1 aromatic rings. The van der Waals surface area contributed by atoms with E-state index in [2.05, 4.69) is 0 Å². The highest BCUT2D eigenvalue weighted by Gasteiger charge is 2.19. The van der Waals surface area contributed by atoms with Crippen LogP contribution in [0.2, 0.25) is 0 Å². The summed E-state index contributed by atoms with van der Waals surface area (Å²) in [7, 11) is 1.33. The molecule has 0 saturated heterocycles. The third-order valence-electron chi connectivity index (χ3n) is 3.37. The molecule has 131 valence electrons. The monoisotopic (exact) mass is 353 g/mol. The number of benzene rings is 1. The van der Waals surface area contributed by atoms with Crippen LogP contribution >= 0.6 is 0 Å². The highest BCUT2D eigenvalue weighted by Crippen LogP contribution is 2.20. The Bertz CT molecular complexity index is 498. The first kappa shape index (κ1) is 20.1. The summed E-state index contributed by atoms with van der Waals surface area (Å²) in [5.41, 5.74) is -0.144. The van der Waals surface area contributed by atoms with Gasteiger partial charge >= 0.3 is 9.53 Å². The predicted molar refractivity (Wildman–Crippen MR) is 78.8 cm³/mol. The summed E-state index contributed by atoms with van der Waals surface area (Å²) in [4.78, 5) is 0. The average molecular weight is 353 g/mol. The predicted octanol–water partition coefficient (Wildman–Crippen LogP) is 4.03. The summed E-state index contributed by atoms with van der Waals surface area (Å²) in [5.74, 6) is -6.20. The molecule has 0 spiro atoms. The zero-order valence-corrected chi connectivity index (χ0v) is 14.4. The number of halogens is 4. The lowest BCUT2D eigenvalue weighted by molar-refractivity contribution is 0.0893. The summed E-state index contributed by atoms with van der Waals surface area (Å²) < 4.78 is 68.0. The normalized spacial score (nSPS) is 12.9. The molecule has 8 heteroatoms. The first-order valence-electron chi connectivity index (χ1n) is 7.34. The lowest BCUT2D eigenvalue weighted by atomic mass is 10.0. The Labute approximate surface area is 135 Å². The number of unbranched alkanes of at least 4 members (excludes halogenated alkanes) is 2. The van der Waals surface area contributed by atoms with Crippen molar-refractivity contribution in [1.29, 1.82) is 0 Å². The number of hydrogen-bond donors (Lipinski definition) is 0. The lowest BCUT2D eigenvalue weighted by Crippen LogP contribution is -2.28. The SMILES string of the molecule is CO[Si](OC)OC(C)CCCCCc1cc(F)c(F)c(F)c1F. The van der Waals surface area contributed by atoms with Gasteiger partial charge in [0.1, 0.15) is 0 Å². The Morgan fingerprint density at radius 3 is 2.22 bits per heavy atom. The standard InChI is InChI=1S/C15H21F4O3Si/c1-10(22-23(20-2)21-3)7-5-4-6-8-11-9-12(16)14(18)15(19)13(11)17/h9-10H,4-8H2,1-3H3. The fourth-order valence-corrected chi connectivity index (χ4v) is 2.94. The number of aryl methyl sites for hydroxylation is 1. The van der Waals surface area contributed by atoms with E-state index >= 15 is 0 Å². The van der Waals surface area contributed by atoms with Gasteiger partial charge in [0.25, 0.3) is 0 Å². The molecule has 0 N–H and O–H groups in total. The summed E-state index contributed by atoms with van der Waals surface area (Å²) in [6.45, 7) is 1.90. The molecule has 1 aromatic carbocycles. The Morgan fingerprint density at radius 1 is 0.957 bits per heavy atom. The summed E-state index contributed by atoms with van der Waals surface area (Å²) in [6, 6.07) is 0.714. The molecule has 0 bridgehead atoms. The minimum Gasteiger partial charge on any atom is -0.375 e. The van der Waals surface area contributed by atoms with Crippen LogP contribution in [0.5, 0.6) is 0 Å². The molecule has 1 atom stereocenters. The van der Waals surface area contributed by atoms with E-state index in [1.165, 1.54) is 14.2 Å². The maximum atomic E-state index is 13.5. The molecular weight excluding hydrogens is 332 g/mol. The van der Waals surface area contributed by atoms with Gasteiger partial charge in [-0.2, -0.15) is 0 Å². The molecule has 0 heterocycles. The molecule has 0 aliphatic rings. The van der Waals surface area contributed by atoms with E-state index in [4.69, 9.17) is 13.3 Å². The van der Waals surface area contributed by atoms with E-state index in [0.29, 0.717) is 12.5 Å². The molecule has 0 amide bonds. The second-order valence-electron chi connectivity index (χ2n) is 5.15. The first-order valence-corrected chi connectivity index (χ1v) is 8.56. The number of rotatable bonds is 10. The van der Waals surface area contributed by atoms with Gasteiger partial charge in [0.2, 0.25) is 0 Å². The van der Waals surface area contributed by atoms with Crippen molar-refractivity contribution in [3.05, 3.63) is 34.9 Å². The largest absolute Gasteiger partial charge is 0.577 e. The van der Waals surface area contributed by atoms with E-state index in [-0.39, 0.29) is 18.1 Å². The Hall–Kier alpha value is -0.963. The van der Waals surface area contributed by atoms with Gasteiger partial charge in [-0.1, -0.05) is 12.8 Å². The van der Waals surface area contributed by atoms with Crippen molar-refractivity contribution in [3.8, 4) is 0 Å². The van der Waals surface area contributed by atoms with E-state index in [1.807, 2.05) is 6.92 Å². The van der Waals surface area contributed by atoms with Gasteiger partial charge in [-0.25, -0.2) is 17.6 Å². The molecule has 0 aromatic heterocycles. The van der Waals surface area contributed by atoms with Crippen LogP contribution in [0.3, 0.4) is 0 Å². The lowest BCUT2D eigenvalue weighted by Gasteiger charge is -2.16. The Balaban J connectivity index is 2.33. The first-order chi connectivity index (χ1) is 10.9. The highest BCUT2D eigenvalue weighted by molar-refractivity contribution is 6.36. The topological polar surface area (TPSA) is 27.7 Å². The van der Waals surface area contributed by atoms with Crippen LogP contribution in [0.4, 0.5) is 17.6 Å². The highest BCUT2D eigenvalue weighted by atomic mass is 28.3. The zero-order valence-electron chi connectivity index (χ0n) is 13.4. The van der Waals surface area contributed by atoms with Crippen molar-refractivity contribution in [2.75, 3.05) is 14.2 Å². The molecule has 23 heavy (non-hydrogen) atoms. The Morgan fingerprint density at radius 2 is 1.61 bits per heavy atom. The van der Waals surface area contributed by atoms with Crippen LogP contribution in [0.25, 0.3) is 0 Å². The van der Waals surface area contributed by atoms with Gasteiger partial charge in [-0.05, 0) is 37.8 Å². The van der Waals surface area contributed by atoms with Crippen molar-refractivity contribution in [3.63, 3.8) is 0 Å². The third-order valence-corrected chi connectivity index (χ3v) is 4.63. The summed E-state index contributed by atoms with van der Waals surface area (Å²) >= 11 is 0. The quantitative estimate of drug-likeness (QED) is 0.209. The molecule has 1 unspecified atom stereocenters. The maximum absolute atomic E-state index is 13.5. The molecule has 0 aliphatic carbocycles. The van der Waals surface area contributed by atoms with Crippen LogP contribution < -0.4 is 0 Å². The van der Waals surface area contributed by atoms with E-state index in [1.54, 1.807) is 0 Å². The van der Waals surface area contributed by atoms with Crippen molar-refractivity contribution in [2.45, 2.75) is 45.1 Å². The molecular formula is C15H21F4O3Si. The minimum absolute atomic E-state index is 0.0405. The van der Waals surface area contributed by atoms with Gasteiger partial charge in [0.05, 0.1) is 0 Å². The van der Waals surface area contributed by atoms with Gasteiger partial charge in [0, 0.05) is 20.3 Å². The minimum atomic E-state index is -1.77. The fraction of sp³-hybridized carbons (Fsp3) is 0.600. The molecule has 1 radical (unpaired) electrons. The molecule has 0 saturated carbocycles. The van der Waals surface area contributed by atoms with E-state index in [9.17, 15) is 17.6 Å². The zero-order chi connectivity index (χ0) is 17.4. The van der Waals surface area contributed by atoms with Crippen molar-refractivity contribution >= 4 is 9.53 Å². The molecule has 0 aliphatic heterocycles. The molecule has 3 nitrogen and oxygen atoms in total. The van der Waals surface area contributed by atoms with Crippen LogP contribution in [0.1, 0.15) is 38.2 Å². The van der Waals surface area contributed by atoms with Gasteiger partial charge in [0.15, 0.2) is 23.3 Å².